The highest BCUT2D eigenvalue weighted by atomic mass is 35.5. The summed E-state index contributed by atoms with van der Waals surface area (Å²) in [5.41, 5.74) is 2.59. The number of nitrogens with one attached hydrogen (secondary N) is 1. The first-order chi connectivity index (χ1) is 13.6. The van der Waals surface area contributed by atoms with Crippen molar-refractivity contribution < 1.29 is 14.3 Å². The minimum atomic E-state index is -0.200. The molecule has 0 bridgehead atoms. The van der Waals surface area contributed by atoms with Gasteiger partial charge in [-0.3, -0.25) is 10.1 Å². The fourth-order valence-corrected chi connectivity index (χ4v) is 4.22. The number of ether oxygens (including phenoxy) is 2. The third kappa shape index (κ3) is 5.64. The summed E-state index contributed by atoms with van der Waals surface area (Å²) in [6.45, 7) is 0. The van der Waals surface area contributed by atoms with E-state index in [4.69, 9.17) is 21.1 Å². The van der Waals surface area contributed by atoms with Gasteiger partial charge in [-0.05, 0) is 42.0 Å². The second-order valence-electron chi connectivity index (χ2n) is 5.82. The SMILES string of the molecule is COc1cc(CSCc2csc(NC(=O)c3ccc(Cl)cc3)n2)cc(OC)c1. The van der Waals surface area contributed by atoms with Gasteiger partial charge in [0, 0.05) is 33.5 Å². The van der Waals surface area contributed by atoms with Crippen LogP contribution in [0.4, 0.5) is 5.13 Å². The first kappa shape index (κ1) is 20.5. The number of benzene rings is 2. The maximum Gasteiger partial charge on any atom is 0.257 e. The van der Waals surface area contributed by atoms with E-state index in [2.05, 4.69) is 10.3 Å². The summed E-state index contributed by atoms with van der Waals surface area (Å²) >= 11 is 8.99. The number of hydrogen-bond acceptors (Lipinski definition) is 6. The summed E-state index contributed by atoms with van der Waals surface area (Å²) < 4.78 is 10.6. The van der Waals surface area contributed by atoms with E-state index in [1.54, 1.807) is 50.2 Å². The maximum atomic E-state index is 12.2. The number of thioether (sulfide) groups is 1. The molecule has 8 heteroatoms. The maximum absolute atomic E-state index is 12.2. The van der Waals surface area contributed by atoms with Crippen LogP contribution in [0.3, 0.4) is 0 Å². The lowest BCUT2D eigenvalue weighted by Crippen LogP contribution is -2.11. The van der Waals surface area contributed by atoms with Gasteiger partial charge in [-0.2, -0.15) is 11.8 Å². The Morgan fingerprint density at radius 3 is 2.43 bits per heavy atom. The lowest BCUT2D eigenvalue weighted by atomic mass is 10.2. The zero-order chi connectivity index (χ0) is 19.9. The number of rotatable bonds is 8. The van der Waals surface area contributed by atoms with Gasteiger partial charge >= 0.3 is 0 Å². The van der Waals surface area contributed by atoms with Gasteiger partial charge in [0.25, 0.3) is 5.91 Å². The lowest BCUT2D eigenvalue weighted by molar-refractivity contribution is 0.102. The third-order valence-corrected chi connectivity index (χ3v) is 5.90. The molecule has 0 aliphatic carbocycles. The van der Waals surface area contributed by atoms with Crippen molar-refractivity contribution >= 4 is 45.7 Å². The average Bonchev–Trinajstić information content (AvgIpc) is 3.15. The minimum Gasteiger partial charge on any atom is -0.497 e. The molecule has 1 amide bonds. The van der Waals surface area contributed by atoms with Crippen molar-refractivity contribution in [2.75, 3.05) is 19.5 Å². The number of aromatic nitrogens is 1. The van der Waals surface area contributed by atoms with Crippen LogP contribution in [-0.2, 0) is 11.5 Å². The quantitative estimate of drug-likeness (QED) is 0.507. The van der Waals surface area contributed by atoms with Gasteiger partial charge < -0.3 is 9.47 Å². The Bertz CT molecular complexity index is 923. The molecule has 0 radical (unpaired) electrons. The predicted octanol–water partition coefficient (Wildman–Crippen LogP) is 5.50. The molecular formula is C20H19ClN2O3S2. The van der Waals surface area contributed by atoms with Crippen LogP contribution in [-0.4, -0.2) is 25.1 Å². The highest BCUT2D eigenvalue weighted by molar-refractivity contribution is 7.97. The van der Waals surface area contributed by atoms with Gasteiger partial charge in [-0.1, -0.05) is 11.6 Å². The molecule has 0 atom stereocenters. The van der Waals surface area contributed by atoms with Crippen molar-refractivity contribution in [2.24, 2.45) is 0 Å². The van der Waals surface area contributed by atoms with E-state index in [0.29, 0.717) is 15.7 Å². The molecule has 0 spiro atoms. The summed E-state index contributed by atoms with van der Waals surface area (Å²) in [7, 11) is 3.28. The van der Waals surface area contributed by atoms with Gasteiger partial charge in [-0.15, -0.1) is 11.3 Å². The van der Waals surface area contributed by atoms with Crippen LogP contribution in [0.15, 0.2) is 47.8 Å². The largest absolute Gasteiger partial charge is 0.497 e. The number of carbonyl (C=O) groups is 1. The molecule has 28 heavy (non-hydrogen) atoms. The minimum absolute atomic E-state index is 0.200. The summed E-state index contributed by atoms with van der Waals surface area (Å²) in [6.07, 6.45) is 0. The molecule has 146 valence electrons. The number of thiazole rings is 1. The number of halogens is 1. The van der Waals surface area contributed by atoms with Crippen molar-refractivity contribution in [3.05, 3.63) is 69.7 Å². The van der Waals surface area contributed by atoms with Crippen molar-refractivity contribution in [3.63, 3.8) is 0 Å². The van der Waals surface area contributed by atoms with Crippen LogP contribution >= 0.6 is 34.7 Å². The first-order valence-electron chi connectivity index (χ1n) is 8.38. The Labute approximate surface area is 177 Å². The number of hydrogen-bond donors (Lipinski definition) is 1. The van der Waals surface area contributed by atoms with Gasteiger partial charge in [0.05, 0.1) is 19.9 Å². The van der Waals surface area contributed by atoms with Crippen LogP contribution in [0.5, 0.6) is 11.5 Å². The van der Waals surface area contributed by atoms with E-state index in [0.717, 1.165) is 34.3 Å². The second-order valence-corrected chi connectivity index (χ2v) is 8.10. The van der Waals surface area contributed by atoms with E-state index < -0.39 is 0 Å². The summed E-state index contributed by atoms with van der Waals surface area (Å²) in [6, 6.07) is 12.6. The van der Waals surface area contributed by atoms with E-state index in [1.165, 1.54) is 11.3 Å². The monoisotopic (exact) mass is 434 g/mol. The number of carbonyl (C=O) groups excluding carboxylic acids is 1. The van der Waals surface area contributed by atoms with Crippen LogP contribution in [0.25, 0.3) is 0 Å². The molecule has 1 N–H and O–H groups in total. The number of nitrogens with zero attached hydrogens (tertiary/aromatic N) is 1. The van der Waals surface area contributed by atoms with Crippen molar-refractivity contribution in [1.82, 2.24) is 4.98 Å². The molecule has 0 aliphatic heterocycles. The normalized spacial score (nSPS) is 10.5. The zero-order valence-corrected chi connectivity index (χ0v) is 17.8. The van der Waals surface area contributed by atoms with E-state index in [-0.39, 0.29) is 5.91 Å². The molecule has 0 fully saturated rings. The van der Waals surface area contributed by atoms with Gasteiger partial charge in [0.1, 0.15) is 11.5 Å². The number of methoxy groups -OCH3 is 2. The van der Waals surface area contributed by atoms with Gasteiger partial charge in [0.15, 0.2) is 5.13 Å². The van der Waals surface area contributed by atoms with E-state index in [1.807, 2.05) is 23.6 Å². The summed E-state index contributed by atoms with van der Waals surface area (Å²) in [5.74, 6) is 2.89. The van der Waals surface area contributed by atoms with Crippen LogP contribution in [0.1, 0.15) is 21.6 Å². The molecule has 3 aromatic rings. The fraction of sp³-hybridized carbons (Fsp3) is 0.200. The van der Waals surface area contributed by atoms with Crippen molar-refractivity contribution in [2.45, 2.75) is 11.5 Å². The van der Waals surface area contributed by atoms with Gasteiger partial charge in [-0.25, -0.2) is 4.98 Å². The molecule has 5 nitrogen and oxygen atoms in total. The highest BCUT2D eigenvalue weighted by Gasteiger charge is 2.09. The first-order valence-corrected chi connectivity index (χ1v) is 10.8. The zero-order valence-electron chi connectivity index (χ0n) is 15.4. The van der Waals surface area contributed by atoms with Crippen LogP contribution in [0.2, 0.25) is 5.02 Å². The highest BCUT2D eigenvalue weighted by Crippen LogP contribution is 2.27. The summed E-state index contributed by atoms with van der Waals surface area (Å²) in [5, 5.41) is 5.95. The molecule has 0 saturated carbocycles. The van der Waals surface area contributed by atoms with Crippen molar-refractivity contribution in [1.29, 1.82) is 0 Å². The smallest absolute Gasteiger partial charge is 0.257 e. The number of anilines is 1. The van der Waals surface area contributed by atoms with Gasteiger partial charge in [0.2, 0.25) is 0 Å². The Morgan fingerprint density at radius 1 is 1.11 bits per heavy atom. The van der Waals surface area contributed by atoms with E-state index >= 15 is 0 Å². The Kier molecular flexibility index (Phi) is 7.19. The topological polar surface area (TPSA) is 60.5 Å². The Balaban J connectivity index is 1.53. The summed E-state index contributed by atoms with van der Waals surface area (Å²) in [4.78, 5) is 16.7. The molecule has 2 aromatic carbocycles. The lowest BCUT2D eigenvalue weighted by Gasteiger charge is -2.08. The molecule has 0 unspecified atom stereocenters. The molecule has 3 rings (SSSR count). The molecule has 1 heterocycles. The average molecular weight is 435 g/mol. The fourth-order valence-electron chi connectivity index (χ4n) is 2.42. The standard InChI is InChI=1S/C20H19ClN2O3S2/c1-25-17-7-13(8-18(9-17)26-2)10-27-11-16-12-28-20(22-16)23-19(24)14-3-5-15(21)6-4-14/h3-9,12H,10-11H2,1-2H3,(H,22,23,24). The second kappa shape index (κ2) is 9.82. The Hall–Kier alpha value is -2.22. The molecular weight excluding hydrogens is 416 g/mol. The van der Waals surface area contributed by atoms with Crippen LogP contribution in [0, 0.1) is 0 Å². The van der Waals surface area contributed by atoms with Crippen molar-refractivity contribution in [3.8, 4) is 11.5 Å². The number of amides is 1. The van der Waals surface area contributed by atoms with Crippen LogP contribution < -0.4 is 14.8 Å². The predicted molar refractivity (Wildman–Crippen MR) is 116 cm³/mol. The Morgan fingerprint density at radius 2 is 1.79 bits per heavy atom. The third-order valence-electron chi connectivity index (χ3n) is 3.81. The molecule has 0 aliphatic rings. The molecule has 1 aromatic heterocycles. The van der Waals surface area contributed by atoms with E-state index in [9.17, 15) is 4.79 Å². The molecule has 0 saturated heterocycles.